The summed E-state index contributed by atoms with van der Waals surface area (Å²) in [7, 11) is 0. The first-order chi connectivity index (χ1) is 19.0. The molecule has 2 N–H and O–H groups in total. The summed E-state index contributed by atoms with van der Waals surface area (Å²) >= 11 is 0. The van der Waals surface area contributed by atoms with E-state index in [1.165, 1.54) is 6.07 Å². The smallest absolute Gasteiger partial charge is 0.198 e. The summed E-state index contributed by atoms with van der Waals surface area (Å²) in [5.74, 6) is 0.286. The lowest BCUT2D eigenvalue weighted by Crippen LogP contribution is -2.35. The van der Waals surface area contributed by atoms with Crippen LogP contribution in [0.1, 0.15) is 25.5 Å². The molecule has 39 heavy (non-hydrogen) atoms. The summed E-state index contributed by atoms with van der Waals surface area (Å²) in [6.45, 7) is 1.13. The van der Waals surface area contributed by atoms with Crippen molar-refractivity contribution in [2.45, 2.75) is 49.9 Å². The van der Waals surface area contributed by atoms with Gasteiger partial charge in [0.2, 0.25) is 0 Å². The van der Waals surface area contributed by atoms with Crippen LogP contribution in [0.3, 0.4) is 0 Å². The summed E-state index contributed by atoms with van der Waals surface area (Å²) in [4.78, 5) is 4.72. The number of pyridine rings is 1. The maximum absolute atomic E-state index is 15.6. The second-order valence-corrected chi connectivity index (χ2v) is 10.3. The Morgan fingerprint density at radius 2 is 1.59 bits per heavy atom. The van der Waals surface area contributed by atoms with Crippen molar-refractivity contribution in [2.24, 2.45) is 0 Å². The molecule has 4 aromatic rings. The third-order valence-electron chi connectivity index (χ3n) is 7.80. The molecular weight excluding hydrogens is 503 g/mol. The van der Waals surface area contributed by atoms with Gasteiger partial charge in [-0.1, -0.05) is 36.4 Å². The number of aliphatic hydroxyl groups is 1. The Bertz CT molecular complexity index is 1480. The molecule has 1 unspecified atom stereocenters. The van der Waals surface area contributed by atoms with E-state index in [0.717, 1.165) is 30.4 Å². The van der Waals surface area contributed by atoms with Gasteiger partial charge in [-0.15, -0.1) is 0 Å². The van der Waals surface area contributed by atoms with Crippen molar-refractivity contribution in [3.63, 3.8) is 0 Å². The predicted molar refractivity (Wildman–Crippen MR) is 141 cm³/mol. The van der Waals surface area contributed by atoms with Crippen LogP contribution in [-0.2, 0) is 14.2 Å². The molecule has 202 valence electrons. The van der Waals surface area contributed by atoms with Gasteiger partial charge in [0.15, 0.2) is 17.8 Å². The van der Waals surface area contributed by atoms with Crippen LogP contribution in [0.5, 0.6) is 11.6 Å². The number of nitrogens with zero attached hydrogens (tertiary/aromatic N) is 2. The van der Waals surface area contributed by atoms with Gasteiger partial charge >= 0.3 is 0 Å². The topological polar surface area (TPSA) is 95.2 Å². The van der Waals surface area contributed by atoms with Crippen molar-refractivity contribution < 1.29 is 33.6 Å². The number of phenols is 1. The van der Waals surface area contributed by atoms with Gasteiger partial charge in [-0.25, -0.2) is 9.37 Å². The van der Waals surface area contributed by atoms with Gasteiger partial charge in [-0.3, -0.25) is 4.57 Å². The van der Waals surface area contributed by atoms with Gasteiger partial charge in [0.25, 0.3) is 0 Å². The van der Waals surface area contributed by atoms with Crippen LogP contribution in [0.4, 0.5) is 4.39 Å². The van der Waals surface area contributed by atoms with E-state index >= 15 is 4.39 Å². The monoisotopic (exact) mass is 532 g/mol. The number of halogens is 1. The third-order valence-corrected chi connectivity index (χ3v) is 7.80. The first kappa shape index (κ1) is 24.5. The number of aliphatic hydroxyl groups excluding tert-OH is 1. The molecule has 3 saturated heterocycles. The minimum absolute atomic E-state index is 0.206. The molecule has 5 heterocycles. The fourth-order valence-electron chi connectivity index (χ4n) is 5.79. The van der Waals surface area contributed by atoms with Crippen LogP contribution in [-0.4, -0.2) is 64.0 Å². The van der Waals surface area contributed by atoms with Gasteiger partial charge in [0.05, 0.1) is 24.2 Å². The third kappa shape index (κ3) is 4.45. The molecule has 3 aliphatic heterocycles. The molecule has 3 fully saturated rings. The maximum Gasteiger partial charge on any atom is 0.198 e. The molecule has 7 rings (SSSR count). The quantitative estimate of drug-likeness (QED) is 0.381. The normalized spacial score (nSPS) is 26.7. The van der Waals surface area contributed by atoms with Crippen LogP contribution in [0, 0.1) is 5.82 Å². The fraction of sp³-hybridized carbons (Fsp3) is 0.367. The number of rotatable bonds is 5. The van der Waals surface area contributed by atoms with Crippen molar-refractivity contribution in [2.75, 3.05) is 19.8 Å². The molecular formula is C30H29FN2O6. The van der Waals surface area contributed by atoms with Crippen molar-refractivity contribution in [3.05, 3.63) is 66.5 Å². The van der Waals surface area contributed by atoms with Gasteiger partial charge in [-0.2, -0.15) is 0 Å². The van der Waals surface area contributed by atoms with Crippen LogP contribution < -0.4 is 4.74 Å². The van der Waals surface area contributed by atoms with Crippen molar-refractivity contribution in [1.29, 1.82) is 0 Å². The largest absolute Gasteiger partial charge is 0.508 e. The molecule has 0 saturated carbocycles. The zero-order valence-corrected chi connectivity index (χ0v) is 21.2. The van der Waals surface area contributed by atoms with E-state index in [2.05, 4.69) is 0 Å². The van der Waals surface area contributed by atoms with Crippen molar-refractivity contribution >= 4 is 11.0 Å². The number of fused-ring (bicyclic) bond motifs is 2. The fourth-order valence-corrected chi connectivity index (χ4v) is 5.79. The lowest BCUT2D eigenvalue weighted by molar-refractivity contribution is -0.0392. The molecule has 0 bridgehead atoms. The highest BCUT2D eigenvalue weighted by Crippen LogP contribution is 2.38. The van der Waals surface area contributed by atoms with E-state index in [1.54, 1.807) is 12.1 Å². The molecule has 0 aliphatic carbocycles. The Hall–Kier alpha value is -3.50. The van der Waals surface area contributed by atoms with Gasteiger partial charge < -0.3 is 29.2 Å². The van der Waals surface area contributed by atoms with E-state index in [0.29, 0.717) is 35.7 Å². The number of ether oxygens (including phenoxy) is 4. The second-order valence-electron chi connectivity index (χ2n) is 10.3. The number of aromatic nitrogens is 2. The molecule has 0 spiro atoms. The average molecular weight is 533 g/mol. The summed E-state index contributed by atoms with van der Waals surface area (Å²) in [6.07, 6.45) is 0.606. The number of hydrogen-bond donors (Lipinski definition) is 2. The highest BCUT2D eigenvalue weighted by atomic mass is 19.1. The SMILES string of the molecule is Oc1ccc(-c2ccc(-c3nc4cc(O[C@@H]5CO[C@H]6[C@@H]5OC[C@H]6O)n(C5CCCCO5)c4cc3F)cc2)cc1. The summed E-state index contributed by atoms with van der Waals surface area (Å²) < 4.78 is 41.5. The lowest BCUT2D eigenvalue weighted by atomic mass is 10.0. The van der Waals surface area contributed by atoms with Gasteiger partial charge in [-0.05, 0) is 42.5 Å². The first-order valence-electron chi connectivity index (χ1n) is 13.4. The molecule has 9 heteroatoms. The predicted octanol–water partition coefficient (Wildman–Crippen LogP) is 4.82. The Morgan fingerprint density at radius 3 is 2.33 bits per heavy atom. The molecule has 2 aromatic heterocycles. The Balaban J connectivity index is 1.24. The first-order valence-corrected chi connectivity index (χ1v) is 13.4. The number of hydrogen-bond acceptors (Lipinski definition) is 7. The van der Waals surface area contributed by atoms with Crippen molar-refractivity contribution in [3.8, 4) is 34.0 Å². The van der Waals surface area contributed by atoms with Crippen LogP contribution in [0.2, 0.25) is 0 Å². The van der Waals surface area contributed by atoms with E-state index in [1.807, 2.05) is 47.0 Å². The standard InChI is InChI=1S/C30H29FN2O6/c31-21-13-23-22(32-28(21)19-6-4-17(5-7-19)18-8-10-20(34)11-9-18)14-27(33(23)26-3-1-2-12-36-26)39-25-16-38-29-24(35)15-37-30(25)29/h4-11,13-14,24-26,29-30,34-35H,1-3,12,15-16H2/t24-,25-,26?,29-,30-/m1/s1. The maximum atomic E-state index is 15.6. The van der Waals surface area contributed by atoms with Crippen LogP contribution in [0.15, 0.2) is 60.7 Å². The van der Waals surface area contributed by atoms with Crippen LogP contribution in [0.25, 0.3) is 33.4 Å². The molecule has 2 aromatic carbocycles. The zero-order chi connectivity index (χ0) is 26.5. The van der Waals surface area contributed by atoms with E-state index in [-0.39, 0.29) is 30.4 Å². The summed E-state index contributed by atoms with van der Waals surface area (Å²) in [5, 5.41) is 19.7. The second kappa shape index (κ2) is 9.91. The van der Waals surface area contributed by atoms with Gasteiger partial charge in [0.1, 0.15) is 36.0 Å². The van der Waals surface area contributed by atoms with Crippen LogP contribution >= 0.6 is 0 Å². The Labute approximate surface area is 224 Å². The highest BCUT2D eigenvalue weighted by Gasteiger charge is 2.48. The van der Waals surface area contributed by atoms with E-state index in [9.17, 15) is 10.2 Å². The summed E-state index contributed by atoms with van der Waals surface area (Å²) in [5.41, 5.74) is 4.00. The van der Waals surface area contributed by atoms with Gasteiger partial charge in [0, 0.05) is 24.3 Å². The molecule has 3 aliphatic rings. The van der Waals surface area contributed by atoms with Crippen molar-refractivity contribution in [1.82, 2.24) is 9.55 Å². The molecule has 8 nitrogen and oxygen atoms in total. The number of aromatic hydroxyl groups is 1. The Kier molecular flexibility index (Phi) is 6.24. The summed E-state index contributed by atoms with van der Waals surface area (Å²) in [6, 6.07) is 17.8. The molecule has 5 atom stereocenters. The minimum Gasteiger partial charge on any atom is -0.508 e. The Morgan fingerprint density at radius 1 is 0.872 bits per heavy atom. The van der Waals surface area contributed by atoms with E-state index < -0.39 is 24.1 Å². The average Bonchev–Trinajstić information content (AvgIpc) is 3.64. The minimum atomic E-state index is -0.671. The highest BCUT2D eigenvalue weighted by molar-refractivity contribution is 5.82. The zero-order valence-electron chi connectivity index (χ0n) is 21.2. The lowest BCUT2D eigenvalue weighted by Gasteiger charge is -2.27. The molecule has 0 amide bonds. The number of benzene rings is 2. The molecule has 0 radical (unpaired) electrons. The number of phenolic OH excluding ortho intramolecular Hbond substituents is 1. The van der Waals surface area contributed by atoms with E-state index in [4.69, 9.17) is 23.9 Å².